The molecule has 0 spiro atoms. The van der Waals surface area contributed by atoms with Gasteiger partial charge in [-0.1, -0.05) is 18.2 Å². The Hall–Kier alpha value is -1.71. The van der Waals surface area contributed by atoms with Crippen molar-refractivity contribution in [3.05, 3.63) is 29.8 Å². The number of hydrazone groups is 1. The van der Waals surface area contributed by atoms with E-state index in [-0.39, 0.29) is 5.90 Å². The number of nitrogens with zero attached hydrogens (tertiary/aromatic N) is 2. The molecule has 2 rings (SSSR count). The zero-order valence-electron chi connectivity index (χ0n) is 7.93. The third-order valence-corrected chi connectivity index (χ3v) is 1.99. The van der Waals surface area contributed by atoms with E-state index in [9.17, 15) is 5.11 Å². The molecule has 0 radical (unpaired) electrons. The predicted molar refractivity (Wildman–Crippen MR) is 51.1 cm³/mol. The summed E-state index contributed by atoms with van der Waals surface area (Å²) in [6, 6.07) is 7.10. The number of para-hydroxylation sites is 1. The third-order valence-electron chi connectivity index (χ3n) is 1.99. The van der Waals surface area contributed by atoms with Crippen molar-refractivity contribution < 1.29 is 9.84 Å². The van der Waals surface area contributed by atoms with Crippen molar-refractivity contribution in [2.45, 2.75) is 0 Å². The molecule has 4 nitrogen and oxygen atoms in total. The number of rotatable bonds is 3. The van der Waals surface area contributed by atoms with Crippen molar-refractivity contribution >= 4 is 5.90 Å². The van der Waals surface area contributed by atoms with E-state index in [1.807, 2.05) is 6.07 Å². The predicted octanol–water partition coefficient (Wildman–Crippen LogP) is 0.0327. The van der Waals surface area contributed by atoms with Crippen LogP contribution in [0.25, 0.3) is 0 Å². The summed E-state index contributed by atoms with van der Waals surface area (Å²) in [5.41, 5.74) is 0.516. The van der Waals surface area contributed by atoms with Gasteiger partial charge in [0.15, 0.2) is 0 Å². The highest BCUT2D eigenvalue weighted by Crippen LogP contribution is 2.17. The minimum absolute atomic E-state index is 0.236. The van der Waals surface area contributed by atoms with Crippen LogP contribution in [0.4, 0.5) is 0 Å². The lowest BCUT2D eigenvalue weighted by Crippen LogP contribution is -2.21. The van der Waals surface area contributed by atoms with Crippen LogP contribution in [-0.4, -0.2) is 31.1 Å². The van der Waals surface area contributed by atoms with Gasteiger partial charge in [-0.2, -0.15) is 5.10 Å². The standard InChI is InChI=1S/C10H12N2O2/c1-14-9-5-3-2-4-8(9)10(13)11-12-6-7-12/h2-5H,6-7H2,1H3,(H,11,13)/p-1. The van der Waals surface area contributed by atoms with Gasteiger partial charge in [0, 0.05) is 11.5 Å². The first-order valence-electron chi connectivity index (χ1n) is 4.45. The maximum atomic E-state index is 11.6. The molecule has 1 fully saturated rings. The van der Waals surface area contributed by atoms with E-state index in [1.165, 1.54) is 0 Å². The number of benzene rings is 1. The van der Waals surface area contributed by atoms with Gasteiger partial charge in [0.25, 0.3) is 0 Å². The summed E-state index contributed by atoms with van der Waals surface area (Å²) >= 11 is 0. The highest BCUT2D eigenvalue weighted by molar-refractivity contribution is 5.93. The van der Waals surface area contributed by atoms with Crippen LogP contribution in [0.3, 0.4) is 0 Å². The fraction of sp³-hybridized carbons (Fsp3) is 0.300. The van der Waals surface area contributed by atoms with E-state index >= 15 is 0 Å². The SMILES string of the molecule is COc1ccccc1/C([O-])=N/N1CC1. The molecule has 0 unspecified atom stereocenters. The van der Waals surface area contributed by atoms with E-state index in [0.29, 0.717) is 11.3 Å². The molecular formula is C10H11N2O2-. The minimum atomic E-state index is -0.236. The zero-order chi connectivity index (χ0) is 9.97. The highest BCUT2D eigenvalue weighted by Gasteiger charge is 2.14. The van der Waals surface area contributed by atoms with Crippen LogP contribution in [0.2, 0.25) is 0 Å². The lowest BCUT2D eigenvalue weighted by molar-refractivity contribution is -0.214. The minimum Gasteiger partial charge on any atom is -0.857 e. The van der Waals surface area contributed by atoms with Crippen LogP contribution >= 0.6 is 0 Å². The Morgan fingerprint density at radius 3 is 2.79 bits per heavy atom. The molecule has 0 aliphatic carbocycles. The van der Waals surface area contributed by atoms with Crippen molar-refractivity contribution in [2.75, 3.05) is 20.2 Å². The van der Waals surface area contributed by atoms with Crippen LogP contribution in [0.1, 0.15) is 5.56 Å². The first-order valence-corrected chi connectivity index (χ1v) is 4.45. The van der Waals surface area contributed by atoms with Crippen molar-refractivity contribution in [2.24, 2.45) is 5.10 Å². The van der Waals surface area contributed by atoms with Gasteiger partial charge in [-0.05, 0) is 6.07 Å². The fourth-order valence-electron chi connectivity index (χ4n) is 1.15. The Morgan fingerprint density at radius 2 is 2.14 bits per heavy atom. The topological polar surface area (TPSA) is 47.7 Å². The monoisotopic (exact) mass is 191 g/mol. The first-order chi connectivity index (χ1) is 6.81. The van der Waals surface area contributed by atoms with Crippen LogP contribution in [0.5, 0.6) is 5.75 Å². The van der Waals surface area contributed by atoms with Gasteiger partial charge in [0.05, 0.1) is 20.2 Å². The third kappa shape index (κ3) is 1.79. The van der Waals surface area contributed by atoms with Gasteiger partial charge in [0.2, 0.25) is 0 Å². The summed E-state index contributed by atoms with van der Waals surface area (Å²) in [5.74, 6) is 0.336. The summed E-state index contributed by atoms with van der Waals surface area (Å²) in [5, 5.41) is 17.2. The molecule has 1 aliphatic rings. The van der Waals surface area contributed by atoms with Gasteiger partial charge in [-0.25, -0.2) is 0 Å². The van der Waals surface area contributed by atoms with Crippen molar-refractivity contribution in [1.82, 2.24) is 5.01 Å². The average molecular weight is 191 g/mol. The van der Waals surface area contributed by atoms with Gasteiger partial charge >= 0.3 is 0 Å². The second kappa shape index (κ2) is 3.57. The van der Waals surface area contributed by atoms with Crippen LogP contribution in [0, 0.1) is 0 Å². The molecule has 0 bridgehead atoms. The van der Waals surface area contributed by atoms with Gasteiger partial charge in [-0.15, -0.1) is 0 Å². The normalized spacial score (nSPS) is 15.5. The molecular weight excluding hydrogens is 180 g/mol. The molecule has 0 amide bonds. The highest BCUT2D eigenvalue weighted by atomic mass is 16.5. The lowest BCUT2D eigenvalue weighted by Gasteiger charge is -2.14. The number of methoxy groups -OCH3 is 1. The summed E-state index contributed by atoms with van der Waals surface area (Å²) in [7, 11) is 1.55. The molecule has 1 aromatic carbocycles. The summed E-state index contributed by atoms with van der Waals surface area (Å²) < 4.78 is 5.07. The first kappa shape index (κ1) is 8.87. The quantitative estimate of drug-likeness (QED) is 0.385. The Kier molecular flexibility index (Phi) is 2.26. The molecule has 0 N–H and O–H groups in total. The zero-order valence-corrected chi connectivity index (χ0v) is 7.93. The second-order valence-corrected chi connectivity index (χ2v) is 3.06. The number of ether oxygens (including phenoxy) is 1. The Morgan fingerprint density at radius 1 is 1.43 bits per heavy atom. The Balaban J connectivity index is 2.29. The van der Waals surface area contributed by atoms with Crippen LogP contribution in [-0.2, 0) is 0 Å². The van der Waals surface area contributed by atoms with Gasteiger partial charge in [-0.3, -0.25) is 5.01 Å². The van der Waals surface area contributed by atoms with Crippen molar-refractivity contribution in [3.63, 3.8) is 0 Å². The Bertz CT molecular complexity index is 359. The molecule has 1 aliphatic heterocycles. The molecule has 1 saturated heterocycles. The fourth-order valence-corrected chi connectivity index (χ4v) is 1.15. The molecule has 0 aromatic heterocycles. The molecule has 1 heterocycles. The molecule has 0 atom stereocenters. The van der Waals surface area contributed by atoms with Crippen LogP contribution < -0.4 is 9.84 Å². The average Bonchev–Trinajstić information content (AvgIpc) is 3.01. The number of hydrogen-bond acceptors (Lipinski definition) is 4. The maximum Gasteiger partial charge on any atom is 0.127 e. The summed E-state index contributed by atoms with van der Waals surface area (Å²) in [6.07, 6.45) is 0. The molecule has 74 valence electrons. The number of hydrogen-bond donors (Lipinski definition) is 0. The van der Waals surface area contributed by atoms with E-state index in [1.54, 1.807) is 30.3 Å². The van der Waals surface area contributed by atoms with Crippen LogP contribution in [0.15, 0.2) is 29.4 Å². The van der Waals surface area contributed by atoms with Gasteiger partial charge in [0.1, 0.15) is 5.75 Å². The molecule has 4 heteroatoms. The summed E-state index contributed by atoms with van der Waals surface area (Å²) in [4.78, 5) is 0. The molecule has 0 saturated carbocycles. The van der Waals surface area contributed by atoms with Gasteiger partial charge < -0.3 is 9.84 Å². The van der Waals surface area contributed by atoms with E-state index in [0.717, 1.165) is 13.1 Å². The van der Waals surface area contributed by atoms with E-state index in [2.05, 4.69) is 5.10 Å². The second-order valence-electron chi connectivity index (χ2n) is 3.06. The van der Waals surface area contributed by atoms with Crippen molar-refractivity contribution in [3.8, 4) is 5.75 Å². The summed E-state index contributed by atoms with van der Waals surface area (Å²) in [6.45, 7) is 1.75. The lowest BCUT2D eigenvalue weighted by atomic mass is 10.2. The van der Waals surface area contributed by atoms with E-state index < -0.39 is 0 Å². The largest absolute Gasteiger partial charge is 0.857 e. The van der Waals surface area contributed by atoms with E-state index in [4.69, 9.17) is 4.74 Å². The smallest absolute Gasteiger partial charge is 0.127 e. The van der Waals surface area contributed by atoms with Crippen molar-refractivity contribution in [1.29, 1.82) is 0 Å². The maximum absolute atomic E-state index is 11.6. The molecule has 1 aromatic rings. The Labute approximate surface area is 82.4 Å². The molecule has 14 heavy (non-hydrogen) atoms.